The molecular formula is C14H14F2N2O2. The molecule has 106 valence electrons. The van der Waals surface area contributed by atoms with Crippen LogP contribution in [-0.2, 0) is 6.54 Å². The van der Waals surface area contributed by atoms with Crippen molar-refractivity contribution in [3.05, 3.63) is 41.6 Å². The highest BCUT2D eigenvalue weighted by Gasteiger charge is 2.18. The van der Waals surface area contributed by atoms with Crippen LogP contribution in [0, 0.1) is 11.6 Å². The van der Waals surface area contributed by atoms with Gasteiger partial charge < -0.3 is 5.11 Å². The maximum Gasteiger partial charge on any atom is 0.339 e. The average Bonchev–Trinajstić information content (AvgIpc) is 2.79. The summed E-state index contributed by atoms with van der Waals surface area (Å²) in [6.07, 6.45) is 3.17. The van der Waals surface area contributed by atoms with E-state index in [4.69, 9.17) is 5.11 Å². The number of carboxylic acid groups (broad SMARTS) is 1. The number of hydrogen-bond acceptors (Lipinski definition) is 2. The first-order valence-electron chi connectivity index (χ1n) is 6.28. The standard InChI is InChI=1S/C14H14F2N2O2/c1-2-3-4-18-8-12(14(19)20)13(17-18)9-5-10(15)7-11(16)6-9/h5-8H,2-4H2,1H3,(H,19,20). The van der Waals surface area contributed by atoms with Gasteiger partial charge in [0.15, 0.2) is 0 Å². The number of carbonyl (C=O) groups is 1. The van der Waals surface area contributed by atoms with Crippen LogP contribution in [0.3, 0.4) is 0 Å². The van der Waals surface area contributed by atoms with E-state index >= 15 is 0 Å². The molecule has 0 aliphatic rings. The second kappa shape index (κ2) is 5.81. The van der Waals surface area contributed by atoms with E-state index in [1.165, 1.54) is 10.9 Å². The minimum Gasteiger partial charge on any atom is -0.478 e. The predicted octanol–water partition coefficient (Wildman–Crippen LogP) is 3.33. The normalized spacial score (nSPS) is 10.8. The molecule has 2 aromatic rings. The van der Waals surface area contributed by atoms with E-state index in [2.05, 4.69) is 5.10 Å². The predicted molar refractivity (Wildman–Crippen MR) is 69.4 cm³/mol. The Kier molecular flexibility index (Phi) is 4.12. The average molecular weight is 280 g/mol. The highest BCUT2D eigenvalue weighted by molar-refractivity contribution is 5.94. The largest absolute Gasteiger partial charge is 0.478 e. The van der Waals surface area contributed by atoms with Gasteiger partial charge in [-0.2, -0.15) is 5.10 Å². The Morgan fingerprint density at radius 3 is 2.50 bits per heavy atom. The zero-order valence-electron chi connectivity index (χ0n) is 10.9. The minimum atomic E-state index is -1.17. The molecule has 0 unspecified atom stereocenters. The topological polar surface area (TPSA) is 55.1 Å². The molecule has 20 heavy (non-hydrogen) atoms. The SMILES string of the molecule is CCCCn1cc(C(=O)O)c(-c2cc(F)cc(F)c2)n1. The molecule has 2 rings (SSSR count). The summed E-state index contributed by atoms with van der Waals surface area (Å²) in [5.41, 5.74) is 0.133. The molecule has 0 bridgehead atoms. The lowest BCUT2D eigenvalue weighted by Gasteiger charge is -2.01. The van der Waals surface area contributed by atoms with Crippen molar-refractivity contribution in [3.63, 3.8) is 0 Å². The van der Waals surface area contributed by atoms with Crippen LogP contribution in [0.1, 0.15) is 30.1 Å². The highest BCUT2D eigenvalue weighted by atomic mass is 19.1. The number of benzene rings is 1. The molecule has 0 saturated carbocycles. The van der Waals surface area contributed by atoms with Gasteiger partial charge >= 0.3 is 5.97 Å². The fraction of sp³-hybridized carbons (Fsp3) is 0.286. The number of unbranched alkanes of at least 4 members (excludes halogenated alkanes) is 1. The Bertz CT molecular complexity index is 618. The Hall–Kier alpha value is -2.24. The quantitative estimate of drug-likeness (QED) is 0.914. The Morgan fingerprint density at radius 1 is 1.30 bits per heavy atom. The molecule has 0 aliphatic heterocycles. The molecule has 0 radical (unpaired) electrons. The van der Waals surface area contributed by atoms with Gasteiger partial charge in [0.05, 0.1) is 0 Å². The van der Waals surface area contributed by atoms with Crippen molar-refractivity contribution in [3.8, 4) is 11.3 Å². The molecule has 0 fully saturated rings. The summed E-state index contributed by atoms with van der Waals surface area (Å²) in [5.74, 6) is -2.70. The van der Waals surface area contributed by atoms with Crippen LogP contribution in [0.2, 0.25) is 0 Å². The zero-order valence-corrected chi connectivity index (χ0v) is 10.9. The van der Waals surface area contributed by atoms with Gasteiger partial charge in [-0.15, -0.1) is 0 Å². The summed E-state index contributed by atoms with van der Waals surface area (Å²) in [5, 5.41) is 13.3. The number of carboxylic acids is 1. The summed E-state index contributed by atoms with van der Waals surface area (Å²) in [4.78, 5) is 11.2. The number of rotatable bonds is 5. The second-order valence-corrected chi connectivity index (χ2v) is 4.47. The lowest BCUT2D eigenvalue weighted by atomic mass is 10.1. The van der Waals surface area contributed by atoms with Crippen molar-refractivity contribution in [2.45, 2.75) is 26.3 Å². The zero-order chi connectivity index (χ0) is 14.7. The Balaban J connectivity index is 2.48. The number of hydrogen-bond donors (Lipinski definition) is 1. The summed E-state index contributed by atoms with van der Waals surface area (Å²) in [6.45, 7) is 2.57. The Labute approximate surface area is 114 Å². The molecule has 0 saturated heterocycles. The van der Waals surface area contributed by atoms with Crippen LogP contribution in [0.5, 0.6) is 0 Å². The lowest BCUT2D eigenvalue weighted by Crippen LogP contribution is -1.98. The van der Waals surface area contributed by atoms with E-state index < -0.39 is 17.6 Å². The highest BCUT2D eigenvalue weighted by Crippen LogP contribution is 2.24. The van der Waals surface area contributed by atoms with Gasteiger partial charge in [0.2, 0.25) is 0 Å². The number of nitrogens with zero attached hydrogens (tertiary/aromatic N) is 2. The van der Waals surface area contributed by atoms with E-state index in [-0.39, 0.29) is 16.8 Å². The molecule has 1 N–H and O–H groups in total. The maximum absolute atomic E-state index is 13.2. The summed E-state index contributed by atoms with van der Waals surface area (Å²) < 4.78 is 28.0. The van der Waals surface area contributed by atoms with E-state index in [0.717, 1.165) is 31.0 Å². The minimum absolute atomic E-state index is 0.0638. The van der Waals surface area contributed by atoms with E-state index in [0.29, 0.717) is 6.54 Å². The second-order valence-electron chi connectivity index (χ2n) is 4.47. The first-order chi connectivity index (χ1) is 9.51. The third-order valence-electron chi connectivity index (χ3n) is 2.87. The molecular weight excluding hydrogens is 266 g/mol. The first-order valence-corrected chi connectivity index (χ1v) is 6.28. The van der Waals surface area contributed by atoms with Crippen molar-refractivity contribution in [1.82, 2.24) is 9.78 Å². The smallest absolute Gasteiger partial charge is 0.339 e. The van der Waals surface area contributed by atoms with Crippen LogP contribution >= 0.6 is 0 Å². The van der Waals surface area contributed by atoms with Gasteiger partial charge in [0, 0.05) is 24.4 Å². The third kappa shape index (κ3) is 3.01. The van der Waals surface area contributed by atoms with Crippen LogP contribution in [0.15, 0.2) is 24.4 Å². The summed E-state index contributed by atoms with van der Waals surface area (Å²) in [6, 6.07) is 2.88. The van der Waals surface area contributed by atoms with Crippen LogP contribution in [0.4, 0.5) is 8.78 Å². The number of aryl methyl sites for hydroxylation is 1. The maximum atomic E-state index is 13.2. The summed E-state index contributed by atoms with van der Waals surface area (Å²) >= 11 is 0. The molecule has 1 aromatic heterocycles. The van der Waals surface area contributed by atoms with Crippen molar-refractivity contribution < 1.29 is 18.7 Å². The first kappa shape index (κ1) is 14.2. The molecule has 0 spiro atoms. The lowest BCUT2D eigenvalue weighted by molar-refractivity contribution is 0.0697. The third-order valence-corrected chi connectivity index (χ3v) is 2.87. The Morgan fingerprint density at radius 2 is 1.95 bits per heavy atom. The van der Waals surface area contributed by atoms with Gasteiger partial charge in [-0.25, -0.2) is 13.6 Å². The molecule has 4 nitrogen and oxygen atoms in total. The van der Waals surface area contributed by atoms with Crippen LogP contribution < -0.4 is 0 Å². The monoisotopic (exact) mass is 280 g/mol. The van der Waals surface area contributed by atoms with Gasteiger partial charge in [0.1, 0.15) is 22.9 Å². The summed E-state index contributed by atoms with van der Waals surface area (Å²) in [7, 11) is 0. The van der Waals surface area contributed by atoms with Crippen molar-refractivity contribution >= 4 is 5.97 Å². The molecule has 0 aliphatic carbocycles. The fourth-order valence-electron chi connectivity index (χ4n) is 1.92. The van der Waals surface area contributed by atoms with Gasteiger partial charge in [-0.3, -0.25) is 4.68 Å². The van der Waals surface area contributed by atoms with E-state index in [1.807, 2.05) is 6.92 Å². The number of halogens is 2. The van der Waals surface area contributed by atoms with Crippen molar-refractivity contribution in [2.24, 2.45) is 0 Å². The molecule has 1 aromatic carbocycles. The van der Waals surface area contributed by atoms with E-state index in [9.17, 15) is 13.6 Å². The molecule has 0 amide bonds. The fourth-order valence-corrected chi connectivity index (χ4v) is 1.92. The molecule has 1 heterocycles. The number of aromatic carboxylic acids is 1. The van der Waals surface area contributed by atoms with Crippen molar-refractivity contribution in [2.75, 3.05) is 0 Å². The molecule has 0 atom stereocenters. The van der Waals surface area contributed by atoms with Crippen LogP contribution in [0.25, 0.3) is 11.3 Å². The molecule has 6 heteroatoms. The van der Waals surface area contributed by atoms with Gasteiger partial charge in [0.25, 0.3) is 0 Å². The van der Waals surface area contributed by atoms with Gasteiger partial charge in [-0.05, 0) is 18.6 Å². The van der Waals surface area contributed by atoms with Gasteiger partial charge in [-0.1, -0.05) is 13.3 Å². The van der Waals surface area contributed by atoms with Crippen LogP contribution in [-0.4, -0.2) is 20.9 Å². The van der Waals surface area contributed by atoms with Crippen molar-refractivity contribution in [1.29, 1.82) is 0 Å². The number of aromatic nitrogens is 2. The van der Waals surface area contributed by atoms with E-state index in [1.54, 1.807) is 0 Å².